The van der Waals surface area contributed by atoms with Crippen LogP contribution < -0.4 is 10.1 Å². The van der Waals surface area contributed by atoms with E-state index >= 15 is 0 Å². The average Bonchev–Trinajstić information content (AvgIpc) is 3.37. The summed E-state index contributed by atoms with van der Waals surface area (Å²) in [4.78, 5) is 11.1. The van der Waals surface area contributed by atoms with E-state index in [1.165, 1.54) is 0 Å². The third kappa shape index (κ3) is 4.34. The predicted octanol–water partition coefficient (Wildman–Crippen LogP) is 6.08. The largest absolute Gasteiger partial charge is 0.496 e. The normalized spacial score (nSPS) is 13.8. The molecule has 1 aliphatic heterocycles. The number of hydrogen-bond acceptors (Lipinski definition) is 6. The van der Waals surface area contributed by atoms with E-state index in [1.807, 2.05) is 66.7 Å². The molecule has 0 radical (unpaired) electrons. The number of nitrogens with one attached hydrogen (secondary N) is 1. The summed E-state index contributed by atoms with van der Waals surface area (Å²) in [6, 6.07) is 14.0. The first kappa shape index (κ1) is 21.2. The second-order valence-corrected chi connectivity index (χ2v) is 7.23. The van der Waals surface area contributed by atoms with Crippen molar-refractivity contribution in [3.63, 3.8) is 0 Å². The van der Waals surface area contributed by atoms with E-state index in [9.17, 15) is 0 Å². The van der Waals surface area contributed by atoms with Crippen molar-refractivity contribution in [3.05, 3.63) is 96.8 Å². The van der Waals surface area contributed by atoms with Crippen LogP contribution in [0.1, 0.15) is 25.0 Å². The first-order chi connectivity index (χ1) is 15.6. The minimum absolute atomic E-state index is 0.573. The number of oxazole rings is 1. The number of nitrogens with zero attached hydrogens (tertiary/aromatic N) is 3. The van der Waals surface area contributed by atoms with Gasteiger partial charge < -0.3 is 19.4 Å². The van der Waals surface area contributed by atoms with Gasteiger partial charge in [0.15, 0.2) is 5.84 Å². The highest BCUT2D eigenvalue weighted by Crippen LogP contribution is 2.30. The number of aromatic nitrogens is 1. The Balaban J connectivity index is 1.71. The number of benzene rings is 2. The molecule has 0 unspecified atom stereocenters. The zero-order valence-electron chi connectivity index (χ0n) is 18.5. The molecule has 0 spiro atoms. The van der Waals surface area contributed by atoms with Gasteiger partial charge in [-0.05, 0) is 37.1 Å². The monoisotopic (exact) mass is 426 g/mol. The zero-order chi connectivity index (χ0) is 22.5. The van der Waals surface area contributed by atoms with E-state index in [-0.39, 0.29) is 0 Å². The molecule has 1 aliphatic rings. The van der Waals surface area contributed by atoms with E-state index in [0.717, 1.165) is 45.9 Å². The average molecular weight is 427 g/mol. The Bertz CT molecular complexity index is 1210. The fourth-order valence-corrected chi connectivity index (χ4v) is 3.51. The molecule has 6 heteroatoms. The quantitative estimate of drug-likeness (QED) is 0.517. The summed E-state index contributed by atoms with van der Waals surface area (Å²) in [6.07, 6.45) is 9.99. The van der Waals surface area contributed by atoms with Gasteiger partial charge in [-0.25, -0.2) is 9.98 Å². The van der Waals surface area contributed by atoms with Crippen molar-refractivity contribution < 1.29 is 9.15 Å². The van der Waals surface area contributed by atoms with Gasteiger partial charge in [0, 0.05) is 35.3 Å². The van der Waals surface area contributed by atoms with Crippen molar-refractivity contribution in [1.29, 1.82) is 0 Å². The van der Waals surface area contributed by atoms with Gasteiger partial charge in [0.2, 0.25) is 5.89 Å². The number of anilines is 1. The number of aliphatic imine (C=N–C) groups is 1. The molecule has 1 N–H and O–H groups in total. The topological polar surface area (TPSA) is 62.9 Å². The second kappa shape index (κ2) is 9.39. The maximum Gasteiger partial charge on any atom is 0.225 e. The first-order valence-corrected chi connectivity index (χ1v) is 10.5. The lowest BCUT2D eigenvalue weighted by atomic mass is 10.1. The Kier molecular flexibility index (Phi) is 6.22. The molecule has 0 amide bonds. The molecule has 0 saturated heterocycles. The Morgan fingerprint density at radius 1 is 1.19 bits per heavy atom. The molecule has 0 fully saturated rings. The molecule has 0 bridgehead atoms. The highest BCUT2D eigenvalue weighted by Gasteiger charge is 2.19. The van der Waals surface area contributed by atoms with E-state index in [2.05, 4.69) is 29.9 Å². The fourth-order valence-electron chi connectivity index (χ4n) is 3.51. The van der Waals surface area contributed by atoms with Crippen molar-refractivity contribution in [2.45, 2.75) is 20.3 Å². The smallest absolute Gasteiger partial charge is 0.225 e. The number of aryl methyl sites for hydroxylation is 1. The minimum atomic E-state index is 0.573. The van der Waals surface area contributed by atoms with Gasteiger partial charge in [0.25, 0.3) is 0 Å². The summed E-state index contributed by atoms with van der Waals surface area (Å²) in [7, 11) is 1.69. The number of hydrogen-bond donors (Lipinski definition) is 1. The Labute approximate surface area is 188 Å². The van der Waals surface area contributed by atoms with Crippen LogP contribution in [-0.2, 0) is 6.42 Å². The molecule has 3 aromatic rings. The van der Waals surface area contributed by atoms with Gasteiger partial charge in [-0.15, -0.1) is 0 Å². The maximum atomic E-state index is 5.54. The third-order valence-corrected chi connectivity index (χ3v) is 5.16. The van der Waals surface area contributed by atoms with Crippen molar-refractivity contribution in [2.75, 3.05) is 12.4 Å². The SMILES string of the molecule is C=C1C(Nc2ccc(CC)c(OC)c2)=NC(c2cccc(-c3ncco3)c2)=CN1/C=C\C. The lowest BCUT2D eigenvalue weighted by Gasteiger charge is -2.26. The number of rotatable bonds is 6. The number of allylic oxidation sites excluding steroid dienone is 1. The molecule has 0 aliphatic carbocycles. The molecule has 162 valence electrons. The van der Waals surface area contributed by atoms with Crippen LogP contribution in [0.3, 0.4) is 0 Å². The van der Waals surface area contributed by atoms with Crippen molar-refractivity contribution in [3.8, 4) is 17.2 Å². The zero-order valence-corrected chi connectivity index (χ0v) is 18.5. The van der Waals surface area contributed by atoms with E-state index in [4.69, 9.17) is 14.1 Å². The molecule has 0 saturated carbocycles. The predicted molar refractivity (Wildman–Crippen MR) is 129 cm³/mol. The minimum Gasteiger partial charge on any atom is -0.496 e. The molecule has 2 aromatic carbocycles. The Hall–Kier alpha value is -4.06. The Morgan fingerprint density at radius 2 is 2.03 bits per heavy atom. The van der Waals surface area contributed by atoms with Crippen LogP contribution in [0.25, 0.3) is 17.2 Å². The van der Waals surface area contributed by atoms with Crippen LogP contribution in [0, 0.1) is 0 Å². The van der Waals surface area contributed by atoms with Crippen LogP contribution in [0.4, 0.5) is 5.69 Å². The van der Waals surface area contributed by atoms with Gasteiger partial charge in [0.1, 0.15) is 12.0 Å². The van der Waals surface area contributed by atoms with E-state index < -0.39 is 0 Å². The standard InChI is InChI=1S/C26H26N4O2/c1-5-13-30-17-23(20-8-7-9-21(15-20)26-27-12-14-32-26)29-25(18(30)3)28-22-11-10-19(6-2)24(16-22)31-4/h5,7-17H,3,6H2,1-2,4H3,(H,28,29)/b13-5-. The van der Waals surface area contributed by atoms with Crippen molar-refractivity contribution >= 4 is 17.2 Å². The first-order valence-electron chi connectivity index (χ1n) is 10.5. The van der Waals surface area contributed by atoms with E-state index in [0.29, 0.717) is 11.7 Å². The van der Waals surface area contributed by atoms with Gasteiger partial charge in [-0.1, -0.05) is 37.8 Å². The summed E-state index contributed by atoms with van der Waals surface area (Å²) in [6.45, 7) is 8.31. The second-order valence-electron chi connectivity index (χ2n) is 7.23. The summed E-state index contributed by atoms with van der Waals surface area (Å²) >= 11 is 0. The maximum absolute atomic E-state index is 5.54. The van der Waals surface area contributed by atoms with Crippen molar-refractivity contribution in [1.82, 2.24) is 9.88 Å². The van der Waals surface area contributed by atoms with Gasteiger partial charge in [0.05, 0.1) is 24.7 Å². The molecule has 4 rings (SSSR count). The van der Waals surface area contributed by atoms with Crippen LogP contribution in [0.15, 0.2) is 95.1 Å². The molecule has 0 atom stereocenters. The van der Waals surface area contributed by atoms with Crippen LogP contribution in [0.2, 0.25) is 0 Å². The Morgan fingerprint density at radius 3 is 2.75 bits per heavy atom. The molecule has 1 aromatic heterocycles. The fraction of sp³-hybridized carbons (Fsp3) is 0.154. The van der Waals surface area contributed by atoms with Gasteiger partial charge in [-0.3, -0.25) is 0 Å². The van der Waals surface area contributed by atoms with Crippen molar-refractivity contribution in [2.24, 2.45) is 4.99 Å². The number of ether oxygens (including phenoxy) is 1. The third-order valence-electron chi connectivity index (χ3n) is 5.16. The molecular formula is C26H26N4O2. The molecule has 2 heterocycles. The van der Waals surface area contributed by atoms with Crippen LogP contribution in [-0.4, -0.2) is 22.8 Å². The highest BCUT2D eigenvalue weighted by molar-refractivity contribution is 6.10. The summed E-state index contributed by atoms with van der Waals surface area (Å²) in [5.74, 6) is 2.08. The number of methoxy groups -OCH3 is 1. The van der Waals surface area contributed by atoms with Crippen LogP contribution >= 0.6 is 0 Å². The van der Waals surface area contributed by atoms with E-state index in [1.54, 1.807) is 19.6 Å². The molecule has 6 nitrogen and oxygen atoms in total. The highest BCUT2D eigenvalue weighted by atomic mass is 16.5. The van der Waals surface area contributed by atoms with Gasteiger partial charge in [-0.2, -0.15) is 0 Å². The van der Waals surface area contributed by atoms with Gasteiger partial charge >= 0.3 is 0 Å². The molecule has 32 heavy (non-hydrogen) atoms. The summed E-state index contributed by atoms with van der Waals surface area (Å²) < 4.78 is 11.0. The number of amidine groups is 1. The lowest BCUT2D eigenvalue weighted by Crippen LogP contribution is -2.26. The van der Waals surface area contributed by atoms with Crippen LogP contribution in [0.5, 0.6) is 5.75 Å². The molecular weight excluding hydrogens is 400 g/mol. The lowest BCUT2D eigenvalue weighted by molar-refractivity contribution is 0.410. The summed E-state index contributed by atoms with van der Waals surface area (Å²) in [5.41, 5.74) is 5.41. The summed E-state index contributed by atoms with van der Waals surface area (Å²) in [5, 5.41) is 3.41.